The van der Waals surface area contributed by atoms with Crippen molar-refractivity contribution in [3.8, 4) is 0 Å². The Morgan fingerprint density at radius 3 is 1.67 bits per heavy atom. The van der Waals surface area contributed by atoms with Crippen molar-refractivity contribution in [2.45, 2.75) is 59.3 Å². The predicted molar refractivity (Wildman–Crippen MR) is 55.2 cm³/mol. The molecule has 0 aliphatic heterocycles. The van der Waals surface area contributed by atoms with Crippen molar-refractivity contribution in [2.75, 3.05) is 0 Å². The molecule has 1 rings (SSSR count). The minimum absolute atomic E-state index is 0.988. The maximum Gasteiger partial charge on any atom is -0.0386 e. The Labute approximate surface area is 77.7 Å². The molecule has 0 aromatic rings. The van der Waals surface area contributed by atoms with Gasteiger partial charge in [0.2, 0.25) is 0 Å². The maximum absolute atomic E-state index is 2.48. The fraction of sp³-hybridized carbons (Fsp3) is 1.00. The van der Waals surface area contributed by atoms with E-state index < -0.39 is 0 Å². The Hall–Kier alpha value is 0. The van der Waals surface area contributed by atoms with Gasteiger partial charge in [-0.3, -0.25) is 0 Å². The lowest BCUT2D eigenvalue weighted by Crippen LogP contribution is -2.17. The van der Waals surface area contributed by atoms with Gasteiger partial charge in [0.15, 0.2) is 0 Å². The molecule has 0 spiro atoms. The second-order valence-corrected chi connectivity index (χ2v) is 4.48. The average molecular weight is 168 g/mol. The molecular weight excluding hydrogens is 144 g/mol. The van der Waals surface area contributed by atoms with E-state index in [0.717, 1.165) is 17.8 Å². The molecule has 2 unspecified atom stereocenters. The van der Waals surface area contributed by atoms with E-state index >= 15 is 0 Å². The van der Waals surface area contributed by atoms with Crippen LogP contribution in [0.1, 0.15) is 59.3 Å². The van der Waals surface area contributed by atoms with Crippen molar-refractivity contribution < 1.29 is 0 Å². The van der Waals surface area contributed by atoms with Gasteiger partial charge < -0.3 is 0 Å². The van der Waals surface area contributed by atoms with Gasteiger partial charge in [-0.25, -0.2) is 0 Å². The highest BCUT2D eigenvalue weighted by Crippen LogP contribution is 2.36. The zero-order valence-corrected chi connectivity index (χ0v) is 8.97. The lowest BCUT2D eigenvalue weighted by molar-refractivity contribution is 0.237. The van der Waals surface area contributed by atoms with Crippen LogP contribution in [0.5, 0.6) is 0 Å². The molecule has 0 saturated heterocycles. The van der Waals surface area contributed by atoms with Crippen LogP contribution in [0.3, 0.4) is 0 Å². The smallest absolute Gasteiger partial charge is 0.0386 e. The van der Waals surface area contributed by atoms with Crippen molar-refractivity contribution in [1.29, 1.82) is 0 Å². The summed E-state index contributed by atoms with van der Waals surface area (Å²) in [7, 11) is 0. The molecule has 72 valence electrons. The van der Waals surface area contributed by atoms with Crippen LogP contribution in [0, 0.1) is 17.8 Å². The zero-order chi connectivity index (χ0) is 8.97. The molecule has 0 aromatic carbocycles. The minimum Gasteiger partial charge on any atom is -0.0651 e. The Morgan fingerprint density at radius 2 is 1.33 bits per heavy atom. The van der Waals surface area contributed by atoms with Gasteiger partial charge in [0.25, 0.3) is 0 Å². The van der Waals surface area contributed by atoms with Crippen LogP contribution in [0.4, 0.5) is 0 Å². The van der Waals surface area contributed by atoms with Crippen LogP contribution >= 0.6 is 0 Å². The fourth-order valence-electron chi connectivity index (χ4n) is 2.88. The van der Waals surface area contributed by atoms with Gasteiger partial charge in [-0.1, -0.05) is 59.3 Å². The van der Waals surface area contributed by atoms with E-state index in [9.17, 15) is 0 Å². The number of hydrogen-bond acceptors (Lipinski definition) is 0. The quantitative estimate of drug-likeness (QED) is 0.541. The number of rotatable bonds is 2. The topological polar surface area (TPSA) is 0 Å². The van der Waals surface area contributed by atoms with Crippen molar-refractivity contribution in [3.05, 3.63) is 0 Å². The summed E-state index contributed by atoms with van der Waals surface area (Å²) in [6.07, 6.45) is 8.76. The van der Waals surface area contributed by atoms with E-state index in [2.05, 4.69) is 20.8 Å². The third-order valence-electron chi connectivity index (χ3n) is 3.94. The summed E-state index contributed by atoms with van der Waals surface area (Å²) in [6, 6.07) is 0. The van der Waals surface area contributed by atoms with Crippen LogP contribution in [0.25, 0.3) is 0 Å². The molecule has 1 aliphatic carbocycles. The molecule has 0 amide bonds. The normalized spacial score (nSPS) is 37.8. The van der Waals surface area contributed by atoms with Crippen LogP contribution in [-0.4, -0.2) is 0 Å². The van der Waals surface area contributed by atoms with Crippen molar-refractivity contribution in [3.63, 3.8) is 0 Å². The van der Waals surface area contributed by atoms with Gasteiger partial charge in [-0.05, 0) is 17.8 Å². The Kier molecular flexibility index (Phi) is 4.11. The summed E-state index contributed by atoms with van der Waals surface area (Å²) in [6.45, 7) is 7.20. The molecule has 0 heterocycles. The second-order valence-electron chi connectivity index (χ2n) is 4.48. The SMILES string of the molecule is CCC1CCCCC(CC)C1C. The van der Waals surface area contributed by atoms with Crippen LogP contribution < -0.4 is 0 Å². The van der Waals surface area contributed by atoms with Gasteiger partial charge in [-0.15, -0.1) is 0 Å². The van der Waals surface area contributed by atoms with E-state index in [1.165, 1.54) is 38.5 Å². The molecule has 12 heavy (non-hydrogen) atoms. The summed E-state index contributed by atoms with van der Waals surface area (Å²) in [5.41, 5.74) is 0. The lowest BCUT2D eigenvalue weighted by atomic mass is 9.79. The fourth-order valence-corrected chi connectivity index (χ4v) is 2.88. The monoisotopic (exact) mass is 168 g/mol. The lowest BCUT2D eigenvalue weighted by Gasteiger charge is -2.26. The number of hydrogen-bond donors (Lipinski definition) is 0. The largest absolute Gasteiger partial charge is 0.0651 e. The first-order valence-electron chi connectivity index (χ1n) is 5.79. The molecule has 0 bridgehead atoms. The zero-order valence-electron chi connectivity index (χ0n) is 8.97. The molecule has 0 nitrogen and oxygen atoms in total. The second kappa shape index (κ2) is 4.89. The van der Waals surface area contributed by atoms with E-state index in [-0.39, 0.29) is 0 Å². The standard InChI is InChI=1S/C12H24/c1-4-11-8-6-7-9-12(5-2)10(11)3/h10-12H,4-9H2,1-3H3. The summed E-state index contributed by atoms with van der Waals surface area (Å²) in [5, 5.41) is 0. The van der Waals surface area contributed by atoms with Crippen molar-refractivity contribution in [2.24, 2.45) is 17.8 Å². The molecule has 0 heteroatoms. The van der Waals surface area contributed by atoms with E-state index in [1.54, 1.807) is 0 Å². The van der Waals surface area contributed by atoms with Crippen LogP contribution in [0.15, 0.2) is 0 Å². The van der Waals surface area contributed by atoms with Crippen molar-refractivity contribution in [1.82, 2.24) is 0 Å². The first-order valence-corrected chi connectivity index (χ1v) is 5.79. The van der Waals surface area contributed by atoms with Gasteiger partial charge in [-0.2, -0.15) is 0 Å². The third-order valence-corrected chi connectivity index (χ3v) is 3.94. The minimum atomic E-state index is 0.988. The molecule has 2 atom stereocenters. The Morgan fingerprint density at radius 1 is 0.917 bits per heavy atom. The molecule has 0 N–H and O–H groups in total. The molecule has 1 fully saturated rings. The average Bonchev–Trinajstić information content (AvgIpc) is 2.27. The molecule has 0 radical (unpaired) electrons. The maximum atomic E-state index is 2.48. The van der Waals surface area contributed by atoms with E-state index in [1.807, 2.05) is 0 Å². The highest BCUT2D eigenvalue weighted by atomic mass is 14.3. The van der Waals surface area contributed by atoms with E-state index in [0.29, 0.717) is 0 Å². The summed E-state index contributed by atoms with van der Waals surface area (Å²) >= 11 is 0. The first-order chi connectivity index (χ1) is 5.79. The molecule has 0 aromatic heterocycles. The Bertz CT molecular complexity index is 103. The summed E-state index contributed by atoms with van der Waals surface area (Å²) < 4.78 is 0. The Balaban J connectivity index is 2.53. The molecule has 1 saturated carbocycles. The predicted octanol–water partition coefficient (Wildman–Crippen LogP) is 4.25. The van der Waals surface area contributed by atoms with Gasteiger partial charge in [0, 0.05) is 0 Å². The highest BCUT2D eigenvalue weighted by molar-refractivity contribution is 4.76. The van der Waals surface area contributed by atoms with E-state index in [4.69, 9.17) is 0 Å². The first kappa shape index (κ1) is 10.1. The van der Waals surface area contributed by atoms with Crippen LogP contribution in [-0.2, 0) is 0 Å². The molecule has 1 aliphatic rings. The third kappa shape index (κ3) is 2.24. The van der Waals surface area contributed by atoms with Crippen LogP contribution in [0.2, 0.25) is 0 Å². The summed E-state index contributed by atoms with van der Waals surface area (Å²) in [5.74, 6) is 3.04. The van der Waals surface area contributed by atoms with Gasteiger partial charge >= 0.3 is 0 Å². The van der Waals surface area contributed by atoms with Gasteiger partial charge in [0.05, 0.1) is 0 Å². The van der Waals surface area contributed by atoms with Crippen molar-refractivity contribution >= 4 is 0 Å². The highest BCUT2D eigenvalue weighted by Gasteiger charge is 2.25. The van der Waals surface area contributed by atoms with Gasteiger partial charge in [0.1, 0.15) is 0 Å². The molecular formula is C12H24. The summed E-state index contributed by atoms with van der Waals surface area (Å²) in [4.78, 5) is 0.